The molecule has 0 aromatic carbocycles. The summed E-state index contributed by atoms with van der Waals surface area (Å²) in [5.41, 5.74) is 8.50. The molecule has 0 spiro atoms. The molecule has 2 amide bonds. The summed E-state index contributed by atoms with van der Waals surface area (Å²) in [6.07, 6.45) is 0.750. The predicted octanol–water partition coefficient (Wildman–Crippen LogP) is -0.771. The van der Waals surface area contributed by atoms with Crippen molar-refractivity contribution in [3.05, 3.63) is 0 Å². The minimum absolute atomic E-state index is 0.750. The molecule has 0 heterocycles. The summed E-state index contributed by atoms with van der Waals surface area (Å²) in [4.78, 5) is 17.8. The van der Waals surface area contributed by atoms with E-state index in [0.29, 0.717) is 0 Å². The van der Waals surface area contributed by atoms with Gasteiger partial charge in [-0.3, -0.25) is 0 Å². The van der Waals surface area contributed by atoms with E-state index in [1.54, 1.807) is 0 Å². The van der Waals surface area contributed by atoms with E-state index < -0.39 is 6.03 Å². The molecular weight excluding hydrogens is 96.0 g/mol. The Bertz CT molecular complexity index is 58.0. The molecule has 0 aliphatic rings. The molecule has 0 aliphatic heterocycles. The molecule has 0 aromatic heterocycles. The van der Waals surface area contributed by atoms with Gasteiger partial charge in [0.05, 0.1) is 0 Å². The zero-order valence-electron chi connectivity index (χ0n) is 4.05. The topological polar surface area (TPSA) is 86.2 Å². The maximum Gasteiger partial charge on any atom is 0.309 e. The van der Waals surface area contributed by atoms with Gasteiger partial charge in [-0.25, -0.2) is 4.79 Å². The predicted molar refractivity (Wildman–Crippen MR) is 25.5 cm³/mol. The fourth-order valence-electron chi connectivity index (χ4n) is 0. The summed E-state index contributed by atoms with van der Waals surface area (Å²) in [5.74, 6) is 0. The van der Waals surface area contributed by atoms with Gasteiger partial charge in [0.25, 0.3) is 0 Å². The highest BCUT2D eigenvalue weighted by atomic mass is 16.2. The van der Waals surface area contributed by atoms with E-state index in [9.17, 15) is 0 Å². The standard InChI is InChI=1S/C2H4O.CH4N2O/c1-2-3;2-1(3)4/h2H,1H3;(H4,2,3,4). The number of carbonyl (C=O) groups is 2. The maximum atomic E-state index is 9.00. The molecule has 0 bridgehead atoms. The minimum atomic E-state index is -0.833. The van der Waals surface area contributed by atoms with Gasteiger partial charge in [0.1, 0.15) is 6.29 Å². The average Bonchev–Trinajstić information content (AvgIpc) is 1.33. The molecule has 0 unspecified atom stereocenters. The van der Waals surface area contributed by atoms with Crippen molar-refractivity contribution in [2.45, 2.75) is 6.92 Å². The van der Waals surface area contributed by atoms with E-state index in [-0.39, 0.29) is 0 Å². The highest BCUT2D eigenvalue weighted by Gasteiger charge is 1.60. The van der Waals surface area contributed by atoms with Crippen LogP contribution in [-0.2, 0) is 4.79 Å². The largest absolute Gasteiger partial charge is 0.352 e. The zero-order chi connectivity index (χ0) is 6.28. The van der Waals surface area contributed by atoms with Crippen molar-refractivity contribution in [1.29, 1.82) is 0 Å². The zero-order valence-corrected chi connectivity index (χ0v) is 4.05. The van der Waals surface area contributed by atoms with Gasteiger partial charge >= 0.3 is 6.03 Å². The van der Waals surface area contributed by atoms with Crippen LogP contribution in [0.15, 0.2) is 0 Å². The van der Waals surface area contributed by atoms with Crippen LogP contribution in [0.4, 0.5) is 4.79 Å². The molecular formula is C3H8N2O2. The number of hydrogen-bond donors (Lipinski definition) is 2. The fraction of sp³-hybridized carbons (Fsp3) is 0.333. The van der Waals surface area contributed by atoms with E-state index in [4.69, 9.17) is 9.59 Å². The molecule has 4 heteroatoms. The van der Waals surface area contributed by atoms with Crippen molar-refractivity contribution < 1.29 is 9.59 Å². The quantitative estimate of drug-likeness (QED) is 0.395. The molecule has 0 radical (unpaired) electrons. The highest BCUT2D eigenvalue weighted by molar-refractivity contribution is 5.69. The number of hydrogen-bond acceptors (Lipinski definition) is 2. The smallest absolute Gasteiger partial charge is 0.309 e. The van der Waals surface area contributed by atoms with Gasteiger partial charge in [-0.05, 0) is 6.92 Å². The van der Waals surface area contributed by atoms with Crippen molar-refractivity contribution in [2.24, 2.45) is 11.5 Å². The van der Waals surface area contributed by atoms with E-state index in [1.165, 1.54) is 6.92 Å². The monoisotopic (exact) mass is 104 g/mol. The molecule has 0 fully saturated rings. The molecule has 42 valence electrons. The van der Waals surface area contributed by atoms with Crippen LogP contribution in [-0.4, -0.2) is 12.3 Å². The molecule has 4 nitrogen and oxygen atoms in total. The number of rotatable bonds is 0. The van der Waals surface area contributed by atoms with Gasteiger partial charge < -0.3 is 16.3 Å². The first kappa shape index (κ1) is 9.34. The molecule has 0 atom stereocenters. The van der Waals surface area contributed by atoms with Gasteiger partial charge in [0, 0.05) is 0 Å². The second kappa shape index (κ2) is 8.87. The second-order valence-electron chi connectivity index (χ2n) is 0.638. The van der Waals surface area contributed by atoms with Crippen molar-refractivity contribution >= 4 is 12.3 Å². The van der Waals surface area contributed by atoms with Gasteiger partial charge in [-0.1, -0.05) is 0 Å². The number of primary amides is 2. The van der Waals surface area contributed by atoms with Gasteiger partial charge in [0.2, 0.25) is 0 Å². The summed E-state index contributed by atoms with van der Waals surface area (Å²) in [5, 5.41) is 0. The Kier molecular flexibility index (Phi) is 11.8. The second-order valence-corrected chi connectivity index (χ2v) is 0.638. The van der Waals surface area contributed by atoms with E-state index in [0.717, 1.165) is 6.29 Å². The SMILES string of the molecule is CC=O.NC(N)=O. The summed E-state index contributed by atoms with van der Waals surface area (Å²) in [6.45, 7) is 1.44. The lowest BCUT2D eigenvalue weighted by Crippen LogP contribution is -2.18. The van der Waals surface area contributed by atoms with Gasteiger partial charge in [-0.15, -0.1) is 0 Å². The normalized spacial score (nSPS) is 5.29. The third-order valence-corrected chi connectivity index (χ3v) is 0. The Labute approximate surface area is 41.5 Å². The number of nitrogens with two attached hydrogens (primary N) is 2. The molecule has 0 rings (SSSR count). The third-order valence-electron chi connectivity index (χ3n) is 0. The highest BCUT2D eigenvalue weighted by Crippen LogP contribution is 1.25. The first-order valence-corrected chi connectivity index (χ1v) is 1.59. The van der Waals surface area contributed by atoms with Crippen molar-refractivity contribution in [1.82, 2.24) is 0 Å². The van der Waals surface area contributed by atoms with Crippen LogP contribution in [0, 0.1) is 0 Å². The van der Waals surface area contributed by atoms with Crippen LogP contribution in [0.25, 0.3) is 0 Å². The Hall–Kier alpha value is -1.06. The Morgan fingerprint density at radius 1 is 1.57 bits per heavy atom. The van der Waals surface area contributed by atoms with Gasteiger partial charge in [0.15, 0.2) is 0 Å². The lowest BCUT2D eigenvalue weighted by atomic mass is 11.0. The summed E-state index contributed by atoms with van der Waals surface area (Å²) < 4.78 is 0. The Morgan fingerprint density at radius 2 is 1.57 bits per heavy atom. The van der Waals surface area contributed by atoms with Crippen LogP contribution in [0.5, 0.6) is 0 Å². The van der Waals surface area contributed by atoms with Gasteiger partial charge in [-0.2, -0.15) is 0 Å². The first-order valence-electron chi connectivity index (χ1n) is 1.59. The third kappa shape index (κ3) is 38.0. The van der Waals surface area contributed by atoms with Crippen LogP contribution >= 0.6 is 0 Å². The summed E-state index contributed by atoms with van der Waals surface area (Å²) in [6, 6.07) is -0.833. The molecule has 7 heavy (non-hydrogen) atoms. The van der Waals surface area contributed by atoms with E-state index in [2.05, 4.69) is 11.5 Å². The van der Waals surface area contributed by atoms with Crippen molar-refractivity contribution in [3.8, 4) is 0 Å². The van der Waals surface area contributed by atoms with Crippen LogP contribution in [0.2, 0.25) is 0 Å². The number of aldehydes is 1. The van der Waals surface area contributed by atoms with Crippen LogP contribution in [0.1, 0.15) is 6.92 Å². The first-order chi connectivity index (χ1) is 3.15. The Balaban J connectivity index is 0. The summed E-state index contributed by atoms with van der Waals surface area (Å²) >= 11 is 0. The van der Waals surface area contributed by atoms with Crippen molar-refractivity contribution in [3.63, 3.8) is 0 Å². The number of urea groups is 1. The number of amides is 2. The lowest BCUT2D eigenvalue weighted by molar-refractivity contribution is -0.106. The van der Waals surface area contributed by atoms with Crippen LogP contribution in [0.3, 0.4) is 0 Å². The van der Waals surface area contributed by atoms with Crippen molar-refractivity contribution in [2.75, 3.05) is 0 Å². The maximum absolute atomic E-state index is 9.00. The van der Waals surface area contributed by atoms with Crippen LogP contribution < -0.4 is 11.5 Å². The Morgan fingerprint density at radius 3 is 1.57 bits per heavy atom. The fourth-order valence-corrected chi connectivity index (χ4v) is 0. The average molecular weight is 104 g/mol. The molecule has 4 N–H and O–H groups in total. The molecule has 0 saturated heterocycles. The van der Waals surface area contributed by atoms with E-state index >= 15 is 0 Å². The molecule has 0 aliphatic carbocycles. The number of carbonyl (C=O) groups excluding carboxylic acids is 2. The van der Waals surface area contributed by atoms with E-state index in [1.807, 2.05) is 0 Å². The molecule has 0 aromatic rings. The summed E-state index contributed by atoms with van der Waals surface area (Å²) in [7, 11) is 0. The lowest BCUT2D eigenvalue weighted by Gasteiger charge is -1.62. The molecule has 0 saturated carbocycles. The minimum Gasteiger partial charge on any atom is -0.352 e.